The Kier molecular flexibility index (Phi) is 9.46. The van der Waals surface area contributed by atoms with Gasteiger partial charge in [-0.15, -0.1) is 0 Å². The Labute approximate surface area is 210 Å². The van der Waals surface area contributed by atoms with E-state index in [2.05, 4.69) is 6.92 Å². The number of hydrogen-bond donors (Lipinski definition) is 0. The first-order valence-electron chi connectivity index (χ1n) is 14.2. The highest BCUT2D eigenvalue weighted by atomic mass is 19.2. The van der Waals surface area contributed by atoms with Crippen LogP contribution >= 0.6 is 0 Å². The fourth-order valence-corrected chi connectivity index (χ4v) is 7.34. The first-order chi connectivity index (χ1) is 17.0. The average Bonchev–Trinajstić information content (AvgIpc) is 2.89. The second-order valence-electron chi connectivity index (χ2n) is 11.5. The molecule has 4 rings (SSSR count). The molecule has 35 heavy (non-hydrogen) atoms. The lowest BCUT2D eigenvalue weighted by Crippen LogP contribution is -2.35. The van der Waals surface area contributed by atoms with Gasteiger partial charge in [0.05, 0.1) is 13.0 Å². The van der Waals surface area contributed by atoms with Crippen LogP contribution in [0.25, 0.3) is 0 Å². The van der Waals surface area contributed by atoms with Gasteiger partial charge in [0, 0.05) is 0 Å². The van der Waals surface area contributed by atoms with Crippen LogP contribution in [0.3, 0.4) is 0 Å². The van der Waals surface area contributed by atoms with Gasteiger partial charge < -0.3 is 9.47 Å². The van der Waals surface area contributed by atoms with Crippen molar-refractivity contribution >= 4 is 5.97 Å². The summed E-state index contributed by atoms with van der Waals surface area (Å²) in [7, 11) is 1.27. The summed E-state index contributed by atoms with van der Waals surface area (Å²) >= 11 is 0. The minimum Gasteiger partial charge on any atom is -0.494 e. The van der Waals surface area contributed by atoms with Gasteiger partial charge in [0.15, 0.2) is 11.5 Å². The molecule has 3 saturated carbocycles. The van der Waals surface area contributed by atoms with Crippen molar-refractivity contribution < 1.29 is 23.0 Å². The van der Waals surface area contributed by atoms with Crippen molar-refractivity contribution in [3.05, 3.63) is 23.8 Å². The highest BCUT2D eigenvalue weighted by Gasteiger charge is 2.39. The molecule has 0 amide bonds. The van der Waals surface area contributed by atoms with Crippen molar-refractivity contribution in [3.8, 4) is 11.5 Å². The van der Waals surface area contributed by atoms with Gasteiger partial charge in [0.2, 0.25) is 11.6 Å². The van der Waals surface area contributed by atoms with E-state index in [4.69, 9.17) is 9.47 Å². The molecule has 1 aromatic carbocycles. The Morgan fingerprint density at radius 3 is 2.11 bits per heavy atom. The number of hydrogen-bond acceptors (Lipinski definition) is 3. The molecular weight excluding hydrogens is 446 g/mol. The monoisotopic (exact) mass is 490 g/mol. The predicted octanol–water partition coefficient (Wildman–Crippen LogP) is 8.49. The molecule has 0 bridgehead atoms. The number of unbranched alkanes of at least 4 members (excludes halogenated alkanes) is 3. The highest BCUT2D eigenvalue weighted by molar-refractivity contribution is 5.75. The van der Waals surface area contributed by atoms with Gasteiger partial charge in [-0.05, 0) is 99.5 Å². The number of methoxy groups -OCH3 is 1. The lowest BCUT2D eigenvalue weighted by Gasteiger charge is -2.45. The van der Waals surface area contributed by atoms with Crippen LogP contribution < -0.4 is 9.47 Å². The van der Waals surface area contributed by atoms with Crippen molar-refractivity contribution in [2.45, 2.75) is 103 Å². The molecule has 3 nitrogen and oxygen atoms in total. The lowest BCUT2D eigenvalue weighted by molar-refractivity contribution is -0.140. The third-order valence-corrected chi connectivity index (χ3v) is 9.44. The number of carbonyl (C=O) groups is 1. The van der Waals surface area contributed by atoms with Crippen LogP contribution in [0.4, 0.5) is 8.78 Å². The molecule has 1 aromatic rings. The van der Waals surface area contributed by atoms with Crippen molar-refractivity contribution in [3.63, 3.8) is 0 Å². The Morgan fingerprint density at radius 1 is 0.800 bits per heavy atom. The molecule has 0 spiro atoms. The van der Waals surface area contributed by atoms with E-state index in [-0.39, 0.29) is 17.4 Å². The third-order valence-electron chi connectivity index (χ3n) is 9.44. The second kappa shape index (κ2) is 12.5. The number of ether oxygens (including phenoxy) is 2. The van der Waals surface area contributed by atoms with Gasteiger partial charge in [-0.3, -0.25) is 4.79 Å². The minimum absolute atomic E-state index is 0.196. The highest BCUT2D eigenvalue weighted by Crippen LogP contribution is 2.49. The molecule has 4 unspecified atom stereocenters. The van der Waals surface area contributed by atoms with Gasteiger partial charge in [-0.25, -0.2) is 0 Å². The van der Waals surface area contributed by atoms with Crippen LogP contribution in [0.5, 0.6) is 11.5 Å². The van der Waals surface area contributed by atoms with E-state index in [0.717, 1.165) is 49.4 Å². The fourth-order valence-electron chi connectivity index (χ4n) is 7.34. The Hall–Kier alpha value is -1.65. The summed E-state index contributed by atoms with van der Waals surface area (Å²) in [6.07, 6.45) is 19.1. The zero-order valence-corrected chi connectivity index (χ0v) is 21.7. The summed E-state index contributed by atoms with van der Waals surface area (Å²) < 4.78 is 38.2. The summed E-state index contributed by atoms with van der Waals surface area (Å²) in [5.41, 5.74) is 0. The average molecular weight is 491 g/mol. The molecule has 3 fully saturated rings. The number of esters is 1. The maximum absolute atomic E-state index is 14.2. The van der Waals surface area contributed by atoms with Crippen LogP contribution in [0, 0.1) is 47.1 Å². The second-order valence-corrected chi connectivity index (χ2v) is 11.5. The number of benzene rings is 1. The fraction of sp³-hybridized carbons (Fsp3) is 0.767. The predicted molar refractivity (Wildman–Crippen MR) is 134 cm³/mol. The number of rotatable bonds is 9. The normalized spacial score (nSPS) is 31.0. The SMILES string of the molecule is CCCCCCC1CCC2CC(C3CCC(C(=O)Oc4ccc(OC)c(F)c4F)CC3)CCC2C1. The van der Waals surface area contributed by atoms with Crippen LogP contribution in [-0.2, 0) is 4.79 Å². The smallest absolute Gasteiger partial charge is 0.314 e. The molecule has 0 heterocycles. The first-order valence-corrected chi connectivity index (χ1v) is 14.2. The summed E-state index contributed by atoms with van der Waals surface area (Å²) in [5.74, 6) is 0.815. The van der Waals surface area contributed by atoms with Crippen LogP contribution in [-0.4, -0.2) is 13.1 Å². The van der Waals surface area contributed by atoms with Crippen LogP contribution in [0.1, 0.15) is 103 Å². The molecule has 0 saturated heterocycles. The molecule has 4 atom stereocenters. The molecule has 3 aliphatic carbocycles. The molecule has 3 aliphatic rings. The number of carbonyl (C=O) groups excluding carboxylic acids is 1. The summed E-state index contributed by atoms with van der Waals surface area (Å²) in [6, 6.07) is 2.55. The topological polar surface area (TPSA) is 35.5 Å². The quantitative estimate of drug-likeness (QED) is 0.198. The van der Waals surface area contributed by atoms with E-state index in [9.17, 15) is 13.6 Å². The van der Waals surface area contributed by atoms with Crippen LogP contribution in [0.15, 0.2) is 12.1 Å². The molecule has 0 aliphatic heterocycles. The van der Waals surface area contributed by atoms with Gasteiger partial charge in [-0.1, -0.05) is 45.4 Å². The summed E-state index contributed by atoms with van der Waals surface area (Å²) in [6.45, 7) is 2.29. The number of fused-ring (bicyclic) bond motifs is 1. The van der Waals surface area contributed by atoms with Crippen LogP contribution in [0.2, 0.25) is 0 Å². The zero-order valence-electron chi connectivity index (χ0n) is 21.7. The third kappa shape index (κ3) is 6.57. The van der Waals surface area contributed by atoms with E-state index >= 15 is 0 Å². The zero-order chi connectivity index (χ0) is 24.8. The molecule has 196 valence electrons. The molecule has 0 aromatic heterocycles. The summed E-state index contributed by atoms with van der Waals surface area (Å²) in [4.78, 5) is 12.7. The maximum atomic E-state index is 14.2. The molecular formula is C30H44F2O3. The van der Waals surface area contributed by atoms with Crippen molar-refractivity contribution in [1.29, 1.82) is 0 Å². The van der Waals surface area contributed by atoms with E-state index in [0.29, 0.717) is 5.92 Å². The Balaban J connectivity index is 1.21. The van der Waals surface area contributed by atoms with E-state index < -0.39 is 17.6 Å². The van der Waals surface area contributed by atoms with E-state index in [1.54, 1.807) is 0 Å². The molecule has 0 radical (unpaired) electrons. The Morgan fingerprint density at radius 2 is 1.40 bits per heavy atom. The maximum Gasteiger partial charge on any atom is 0.314 e. The summed E-state index contributed by atoms with van der Waals surface area (Å²) in [5, 5.41) is 0. The van der Waals surface area contributed by atoms with Crippen molar-refractivity contribution in [2.75, 3.05) is 7.11 Å². The Bertz CT molecular complexity index is 833. The standard InChI is InChI=1S/C30H44F2O3/c1-3-4-5-6-7-20-8-9-25-19-24(15-14-23(25)18-20)21-10-12-22(13-11-21)30(33)35-27-17-16-26(34-2)28(31)29(27)32/h16-17,20-25H,3-15,18-19H2,1-2H3. The van der Waals surface area contributed by atoms with E-state index in [1.807, 2.05) is 0 Å². The molecule has 0 N–H and O–H groups in total. The van der Waals surface area contributed by atoms with Gasteiger partial charge >= 0.3 is 5.97 Å². The lowest BCUT2D eigenvalue weighted by atomic mass is 9.60. The van der Waals surface area contributed by atoms with Gasteiger partial charge in [0.25, 0.3) is 0 Å². The van der Waals surface area contributed by atoms with E-state index in [1.165, 1.54) is 89.9 Å². The van der Waals surface area contributed by atoms with Gasteiger partial charge in [-0.2, -0.15) is 8.78 Å². The largest absolute Gasteiger partial charge is 0.494 e. The van der Waals surface area contributed by atoms with Crippen molar-refractivity contribution in [2.24, 2.45) is 35.5 Å². The minimum atomic E-state index is -1.17. The number of halogens is 2. The molecule has 5 heteroatoms. The van der Waals surface area contributed by atoms with Crippen molar-refractivity contribution in [1.82, 2.24) is 0 Å². The van der Waals surface area contributed by atoms with Gasteiger partial charge in [0.1, 0.15) is 0 Å². The first kappa shape index (κ1) is 26.4.